The summed E-state index contributed by atoms with van der Waals surface area (Å²) in [5.74, 6) is -0.0528. The minimum atomic E-state index is -0.134. The molecule has 1 aromatic rings. The highest BCUT2D eigenvalue weighted by molar-refractivity contribution is 5.95. The van der Waals surface area contributed by atoms with Crippen molar-refractivity contribution < 1.29 is 9.59 Å². The highest BCUT2D eigenvalue weighted by Crippen LogP contribution is 2.11. The summed E-state index contributed by atoms with van der Waals surface area (Å²) in [4.78, 5) is 26.8. The maximum atomic E-state index is 11.9. The van der Waals surface area contributed by atoms with Crippen LogP contribution in [0, 0.1) is 0 Å². The topological polar surface area (TPSA) is 52.7 Å². The van der Waals surface area contributed by atoms with Crippen molar-refractivity contribution in [1.82, 2.24) is 9.80 Å². The second-order valence-corrected chi connectivity index (χ2v) is 4.98. The van der Waals surface area contributed by atoms with E-state index in [1.807, 2.05) is 0 Å². The van der Waals surface area contributed by atoms with Crippen LogP contribution in [0.15, 0.2) is 24.3 Å². The van der Waals surface area contributed by atoms with Crippen LogP contribution in [0.25, 0.3) is 0 Å². The maximum absolute atomic E-state index is 11.9. The van der Waals surface area contributed by atoms with Crippen LogP contribution in [0.2, 0.25) is 0 Å². The van der Waals surface area contributed by atoms with E-state index >= 15 is 0 Å². The molecule has 3 amide bonds. The molecule has 1 N–H and O–H groups in total. The molecule has 0 aliphatic rings. The zero-order chi connectivity index (χ0) is 15.1. The quantitative estimate of drug-likeness (QED) is 0.899. The number of nitrogens with zero attached hydrogens (tertiary/aromatic N) is 2. The molecule has 1 rings (SSSR count). The first-order valence-electron chi connectivity index (χ1n) is 6.79. The molecule has 0 heterocycles. The molecule has 0 radical (unpaired) electrons. The number of rotatable bonds is 5. The molecule has 0 atom stereocenters. The Labute approximate surface area is 120 Å². The van der Waals surface area contributed by atoms with Crippen molar-refractivity contribution in [1.29, 1.82) is 0 Å². The molecule has 0 spiro atoms. The third kappa shape index (κ3) is 4.57. The number of carbonyl (C=O) groups excluding carboxylic acids is 2. The molecule has 0 aromatic heterocycles. The number of nitrogens with one attached hydrogen (secondary N) is 1. The van der Waals surface area contributed by atoms with Gasteiger partial charge in [-0.05, 0) is 30.7 Å². The Kier molecular flexibility index (Phi) is 6.03. The third-order valence-electron chi connectivity index (χ3n) is 2.98. The van der Waals surface area contributed by atoms with E-state index in [9.17, 15) is 9.59 Å². The number of unbranched alkanes of at least 4 members (excludes halogenated alkanes) is 1. The van der Waals surface area contributed by atoms with E-state index in [2.05, 4.69) is 12.2 Å². The van der Waals surface area contributed by atoms with Crippen LogP contribution in [0.3, 0.4) is 0 Å². The number of hydrogen-bond acceptors (Lipinski definition) is 2. The highest BCUT2D eigenvalue weighted by atomic mass is 16.2. The lowest BCUT2D eigenvalue weighted by atomic mass is 10.2. The van der Waals surface area contributed by atoms with Crippen LogP contribution in [0.4, 0.5) is 10.5 Å². The molecule has 0 saturated heterocycles. The molecule has 110 valence electrons. The first-order valence-corrected chi connectivity index (χ1v) is 6.79. The van der Waals surface area contributed by atoms with Gasteiger partial charge in [0.1, 0.15) is 0 Å². The van der Waals surface area contributed by atoms with Gasteiger partial charge in [-0.15, -0.1) is 0 Å². The smallest absolute Gasteiger partial charge is 0.321 e. The molecular weight excluding hydrogens is 254 g/mol. The SMILES string of the molecule is CCCCN(C)C(=O)Nc1ccc(C(=O)N(C)C)cc1. The molecule has 0 unspecified atom stereocenters. The largest absolute Gasteiger partial charge is 0.345 e. The number of hydrogen-bond donors (Lipinski definition) is 1. The summed E-state index contributed by atoms with van der Waals surface area (Å²) in [6.45, 7) is 2.83. The Morgan fingerprint density at radius 3 is 2.20 bits per heavy atom. The first kappa shape index (κ1) is 16.0. The summed E-state index contributed by atoms with van der Waals surface area (Å²) in [6.07, 6.45) is 2.04. The van der Waals surface area contributed by atoms with Gasteiger partial charge in [0, 0.05) is 38.9 Å². The predicted molar refractivity (Wildman–Crippen MR) is 81.0 cm³/mol. The van der Waals surface area contributed by atoms with Crippen molar-refractivity contribution in [2.75, 3.05) is 33.0 Å². The van der Waals surface area contributed by atoms with E-state index in [0.717, 1.165) is 19.4 Å². The minimum absolute atomic E-state index is 0.0528. The van der Waals surface area contributed by atoms with Crippen molar-refractivity contribution in [2.24, 2.45) is 0 Å². The molecular formula is C15H23N3O2. The van der Waals surface area contributed by atoms with Crippen LogP contribution in [0.1, 0.15) is 30.1 Å². The number of urea groups is 1. The van der Waals surface area contributed by atoms with Crippen LogP contribution in [0.5, 0.6) is 0 Å². The van der Waals surface area contributed by atoms with E-state index in [1.54, 1.807) is 50.3 Å². The summed E-state index contributed by atoms with van der Waals surface area (Å²) in [6, 6.07) is 6.77. The van der Waals surface area contributed by atoms with Gasteiger partial charge in [0.2, 0.25) is 0 Å². The Bertz CT molecular complexity index is 455. The second-order valence-electron chi connectivity index (χ2n) is 4.98. The molecule has 0 bridgehead atoms. The lowest BCUT2D eigenvalue weighted by Crippen LogP contribution is -2.32. The average molecular weight is 277 g/mol. The van der Waals surface area contributed by atoms with Crippen LogP contribution in [-0.2, 0) is 0 Å². The normalized spacial score (nSPS) is 10.0. The summed E-state index contributed by atoms with van der Waals surface area (Å²) >= 11 is 0. The monoisotopic (exact) mass is 277 g/mol. The molecule has 1 aromatic carbocycles. The van der Waals surface area contributed by atoms with Crippen molar-refractivity contribution in [2.45, 2.75) is 19.8 Å². The number of benzene rings is 1. The molecule has 5 nitrogen and oxygen atoms in total. The van der Waals surface area contributed by atoms with Gasteiger partial charge in [-0.3, -0.25) is 4.79 Å². The van der Waals surface area contributed by atoms with Gasteiger partial charge in [-0.1, -0.05) is 13.3 Å². The summed E-state index contributed by atoms with van der Waals surface area (Å²) in [5, 5.41) is 2.81. The van der Waals surface area contributed by atoms with E-state index in [-0.39, 0.29) is 11.9 Å². The van der Waals surface area contributed by atoms with Crippen LogP contribution >= 0.6 is 0 Å². The van der Waals surface area contributed by atoms with Gasteiger partial charge < -0.3 is 15.1 Å². The van der Waals surface area contributed by atoms with Crippen molar-refractivity contribution in [3.05, 3.63) is 29.8 Å². The Morgan fingerprint density at radius 2 is 1.70 bits per heavy atom. The Balaban J connectivity index is 2.61. The van der Waals surface area contributed by atoms with Crippen molar-refractivity contribution in [3.8, 4) is 0 Å². The van der Waals surface area contributed by atoms with Gasteiger partial charge in [0.15, 0.2) is 0 Å². The zero-order valence-electron chi connectivity index (χ0n) is 12.6. The lowest BCUT2D eigenvalue weighted by molar-refractivity contribution is 0.0827. The maximum Gasteiger partial charge on any atom is 0.321 e. The molecule has 0 fully saturated rings. The zero-order valence-corrected chi connectivity index (χ0v) is 12.6. The van der Waals surface area contributed by atoms with Crippen molar-refractivity contribution in [3.63, 3.8) is 0 Å². The highest BCUT2D eigenvalue weighted by Gasteiger charge is 2.10. The standard InChI is InChI=1S/C15H23N3O2/c1-5-6-11-18(4)15(20)16-13-9-7-12(8-10-13)14(19)17(2)3/h7-10H,5-6,11H2,1-4H3,(H,16,20). The lowest BCUT2D eigenvalue weighted by Gasteiger charge is -2.17. The van der Waals surface area contributed by atoms with Gasteiger partial charge in [-0.25, -0.2) is 4.79 Å². The van der Waals surface area contributed by atoms with Gasteiger partial charge in [0.05, 0.1) is 0 Å². The third-order valence-corrected chi connectivity index (χ3v) is 2.98. The predicted octanol–water partition coefficient (Wildman–Crippen LogP) is 2.65. The Morgan fingerprint density at radius 1 is 1.10 bits per heavy atom. The van der Waals surface area contributed by atoms with Crippen molar-refractivity contribution >= 4 is 17.6 Å². The summed E-state index contributed by atoms with van der Waals surface area (Å²) in [5.41, 5.74) is 1.29. The van der Waals surface area contributed by atoms with Crippen LogP contribution in [-0.4, -0.2) is 49.4 Å². The first-order chi connectivity index (χ1) is 9.45. The second kappa shape index (κ2) is 7.53. The van der Waals surface area contributed by atoms with Gasteiger partial charge in [-0.2, -0.15) is 0 Å². The number of carbonyl (C=O) groups is 2. The molecule has 0 aliphatic carbocycles. The summed E-state index contributed by atoms with van der Waals surface area (Å²) in [7, 11) is 5.19. The Hall–Kier alpha value is -2.04. The van der Waals surface area contributed by atoms with E-state index in [1.165, 1.54) is 4.90 Å². The van der Waals surface area contributed by atoms with Gasteiger partial charge >= 0.3 is 6.03 Å². The fraction of sp³-hybridized carbons (Fsp3) is 0.467. The minimum Gasteiger partial charge on any atom is -0.345 e. The fourth-order valence-electron chi connectivity index (χ4n) is 1.67. The molecule has 5 heteroatoms. The van der Waals surface area contributed by atoms with Gasteiger partial charge in [0.25, 0.3) is 5.91 Å². The van der Waals surface area contributed by atoms with E-state index in [0.29, 0.717) is 11.3 Å². The average Bonchev–Trinajstić information content (AvgIpc) is 2.44. The summed E-state index contributed by atoms with van der Waals surface area (Å²) < 4.78 is 0. The van der Waals surface area contributed by atoms with E-state index in [4.69, 9.17) is 0 Å². The number of amides is 3. The van der Waals surface area contributed by atoms with E-state index < -0.39 is 0 Å². The molecule has 20 heavy (non-hydrogen) atoms. The molecule has 0 saturated carbocycles. The fourth-order valence-corrected chi connectivity index (χ4v) is 1.67. The molecule has 0 aliphatic heterocycles. The number of anilines is 1. The van der Waals surface area contributed by atoms with Crippen LogP contribution < -0.4 is 5.32 Å².